The van der Waals surface area contributed by atoms with Crippen molar-refractivity contribution in [1.82, 2.24) is 10.6 Å². The number of carbonyl (C=O) groups is 1. The highest BCUT2D eigenvalue weighted by Crippen LogP contribution is 2.32. The van der Waals surface area contributed by atoms with Gasteiger partial charge in [0.05, 0.1) is 12.1 Å². The Hall–Kier alpha value is -2.60. The second-order valence-electron chi connectivity index (χ2n) is 5.83. The van der Waals surface area contributed by atoms with Crippen LogP contribution in [0.5, 0.6) is 5.75 Å². The lowest BCUT2D eigenvalue weighted by molar-refractivity contribution is 0.172. The van der Waals surface area contributed by atoms with Crippen molar-refractivity contribution >= 4 is 6.03 Å². The first-order valence-electron chi connectivity index (χ1n) is 7.74. The second-order valence-corrected chi connectivity index (χ2v) is 5.83. The summed E-state index contributed by atoms with van der Waals surface area (Å²) < 4.78 is 18.4. The SMILES string of the molecule is Cc1ccc2c(c1)C(NC(=O)NCC(O)c1ccc(F)cc1)CO2. The minimum absolute atomic E-state index is 0.0334. The zero-order valence-electron chi connectivity index (χ0n) is 13.3. The quantitative estimate of drug-likeness (QED) is 0.807. The molecule has 0 fully saturated rings. The predicted molar refractivity (Wildman–Crippen MR) is 87.3 cm³/mol. The van der Waals surface area contributed by atoms with E-state index in [9.17, 15) is 14.3 Å². The lowest BCUT2D eigenvalue weighted by Gasteiger charge is -2.16. The number of nitrogens with one attached hydrogen (secondary N) is 2. The fourth-order valence-electron chi connectivity index (χ4n) is 2.66. The van der Waals surface area contributed by atoms with E-state index in [1.54, 1.807) is 0 Å². The van der Waals surface area contributed by atoms with E-state index in [0.717, 1.165) is 16.9 Å². The van der Waals surface area contributed by atoms with Crippen LogP contribution >= 0.6 is 0 Å². The molecule has 0 aromatic heterocycles. The molecular weight excluding hydrogens is 311 g/mol. The van der Waals surface area contributed by atoms with E-state index in [1.807, 2.05) is 25.1 Å². The van der Waals surface area contributed by atoms with E-state index in [-0.39, 0.29) is 24.4 Å². The van der Waals surface area contributed by atoms with Crippen LogP contribution in [-0.2, 0) is 0 Å². The predicted octanol–water partition coefficient (Wildman–Crippen LogP) is 2.60. The number of amides is 2. The Labute approximate surface area is 139 Å². The average molecular weight is 330 g/mol. The van der Waals surface area contributed by atoms with Gasteiger partial charge in [-0.2, -0.15) is 0 Å². The van der Waals surface area contributed by atoms with Gasteiger partial charge in [-0.1, -0.05) is 29.8 Å². The van der Waals surface area contributed by atoms with Gasteiger partial charge in [-0.05, 0) is 30.7 Å². The van der Waals surface area contributed by atoms with Crippen LogP contribution in [0.2, 0.25) is 0 Å². The van der Waals surface area contributed by atoms with Crippen molar-refractivity contribution in [2.45, 2.75) is 19.1 Å². The average Bonchev–Trinajstić information content (AvgIpc) is 2.95. The van der Waals surface area contributed by atoms with Crippen LogP contribution in [0, 0.1) is 12.7 Å². The van der Waals surface area contributed by atoms with Gasteiger partial charge in [0.2, 0.25) is 0 Å². The number of ether oxygens (including phenoxy) is 1. The number of hydrogen-bond acceptors (Lipinski definition) is 3. The summed E-state index contributed by atoms with van der Waals surface area (Å²) in [6.07, 6.45) is -0.897. The number of aliphatic hydroxyl groups is 1. The molecule has 6 heteroatoms. The standard InChI is InChI=1S/C18H19FN2O3/c1-11-2-7-17-14(8-11)15(10-24-17)21-18(23)20-9-16(22)12-3-5-13(19)6-4-12/h2-8,15-16,22H,9-10H2,1H3,(H2,20,21,23). The Morgan fingerprint density at radius 1 is 1.33 bits per heavy atom. The Morgan fingerprint density at radius 3 is 2.83 bits per heavy atom. The van der Waals surface area contributed by atoms with E-state index in [2.05, 4.69) is 10.6 Å². The molecule has 2 atom stereocenters. The molecule has 3 rings (SSSR count). The molecule has 0 bridgehead atoms. The van der Waals surface area contributed by atoms with Gasteiger partial charge in [0.25, 0.3) is 0 Å². The third-order valence-corrected chi connectivity index (χ3v) is 3.96. The largest absolute Gasteiger partial charge is 0.491 e. The maximum atomic E-state index is 12.9. The van der Waals surface area contributed by atoms with Crippen LogP contribution in [0.25, 0.3) is 0 Å². The van der Waals surface area contributed by atoms with Gasteiger partial charge < -0.3 is 20.5 Å². The van der Waals surface area contributed by atoms with Crippen molar-refractivity contribution in [1.29, 1.82) is 0 Å². The van der Waals surface area contributed by atoms with Crippen molar-refractivity contribution in [3.05, 3.63) is 65.0 Å². The number of hydrogen-bond donors (Lipinski definition) is 3. The fourth-order valence-corrected chi connectivity index (χ4v) is 2.66. The Morgan fingerprint density at radius 2 is 2.08 bits per heavy atom. The minimum atomic E-state index is -0.897. The molecule has 0 radical (unpaired) electrons. The molecule has 0 spiro atoms. The summed E-state index contributed by atoms with van der Waals surface area (Å²) in [5, 5.41) is 15.5. The van der Waals surface area contributed by atoms with Crippen LogP contribution in [-0.4, -0.2) is 24.3 Å². The van der Waals surface area contributed by atoms with Gasteiger partial charge in [0.1, 0.15) is 18.2 Å². The maximum Gasteiger partial charge on any atom is 0.315 e. The van der Waals surface area contributed by atoms with Crippen molar-refractivity contribution in [3.63, 3.8) is 0 Å². The summed E-state index contributed by atoms with van der Waals surface area (Å²) in [6, 6.07) is 10.7. The topological polar surface area (TPSA) is 70.6 Å². The fraction of sp³-hybridized carbons (Fsp3) is 0.278. The van der Waals surface area contributed by atoms with Gasteiger partial charge in [0, 0.05) is 12.1 Å². The lowest BCUT2D eigenvalue weighted by Crippen LogP contribution is -2.40. The van der Waals surface area contributed by atoms with Crippen molar-refractivity contribution in [2.24, 2.45) is 0 Å². The van der Waals surface area contributed by atoms with Crippen LogP contribution in [0.1, 0.15) is 28.8 Å². The normalized spacial score (nSPS) is 16.9. The Kier molecular flexibility index (Phi) is 4.66. The second kappa shape index (κ2) is 6.88. The Bertz CT molecular complexity index is 734. The molecule has 2 aromatic rings. The van der Waals surface area contributed by atoms with Gasteiger partial charge in [0.15, 0.2) is 0 Å². The van der Waals surface area contributed by atoms with Crippen molar-refractivity contribution < 1.29 is 19.0 Å². The number of benzene rings is 2. The number of aryl methyl sites for hydroxylation is 1. The van der Waals surface area contributed by atoms with Gasteiger partial charge in [-0.15, -0.1) is 0 Å². The molecule has 0 saturated heterocycles. The summed E-state index contributed by atoms with van der Waals surface area (Å²) in [5.41, 5.74) is 2.59. The molecule has 1 heterocycles. The van der Waals surface area contributed by atoms with Crippen LogP contribution in [0.4, 0.5) is 9.18 Å². The van der Waals surface area contributed by atoms with Crippen LogP contribution in [0.15, 0.2) is 42.5 Å². The monoisotopic (exact) mass is 330 g/mol. The number of rotatable bonds is 4. The van der Waals surface area contributed by atoms with E-state index in [4.69, 9.17) is 4.74 Å². The van der Waals surface area contributed by atoms with Crippen molar-refractivity contribution in [3.8, 4) is 5.75 Å². The molecule has 126 valence electrons. The summed E-state index contributed by atoms with van der Waals surface area (Å²) in [5.74, 6) is 0.407. The molecule has 3 N–H and O–H groups in total. The number of fused-ring (bicyclic) bond motifs is 1. The molecule has 5 nitrogen and oxygen atoms in total. The number of aliphatic hydroxyl groups excluding tert-OH is 1. The third-order valence-electron chi connectivity index (χ3n) is 3.96. The zero-order chi connectivity index (χ0) is 17.1. The number of carbonyl (C=O) groups excluding carboxylic acids is 1. The molecule has 24 heavy (non-hydrogen) atoms. The molecule has 1 aliphatic rings. The van der Waals surface area contributed by atoms with E-state index >= 15 is 0 Å². The molecule has 2 unspecified atom stereocenters. The molecule has 2 aromatic carbocycles. The first-order chi connectivity index (χ1) is 11.5. The van der Waals surface area contributed by atoms with Crippen LogP contribution in [0.3, 0.4) is 0 Å². The molecule has 2 amide bonds. The Balaban J connectivity index is 1.54. The smallest absolute Gasteiger partial charge is 0.315 e. The molecule has 0 saturated carbocycles. The highest BCUT2D eigenvalue weighted by atomic mass is 19.1. The van der Waals surface area contributed by atoms with Gasteiger partial charge in [-0.3, -0.25) is 0 Å². The first kappa shape index (κ1) is 16.3. The van der Waals surface area contributed by atoms with Gasteiger partial charge >= 0.3 is 6.03 Å². The maximum absolute atomic E-state index is 12.9. The summed E-state index contributed by atoms with van der Waals surface area (Å²) in [6.45, 7) is 2.40. The summed E-state index contributed by atoms with van der Waals surface area (Å²) >= 11 is 0. The van der Waals surface area contributed by atoms with E-state index in [0.29, 0.717) is 12.2 Å². The number of urea groups is 1. The van der Waals surface area contributed by atoms with Crippen molar-refractivity contribution in [2.75, 3.05) is 13.2 Å². The van der Waals surface area contributed by atoms with Crippen LogP contribution < -0.4 is 15.4 Å². The lowest BCUT2D eigenvalue weighted by atomic mass is 10.1. The van der Waals surface area contributed by atoms with E-state index in [1.165, 1.54) is 24.3 Å². The number of halogens is 1. The molecular formula is C18H19FN2O3. The zero-order valence-corrected chi connectivity index (χ0v) is 13.3. The van der Waals surface area contributed by atoms with E-state index < -0.39 is 6.10 Å². The molecule has 1 aliphatic heterocycles. The highest BCUT2D eigenvalue weighted by Gasteiger charge is 2.25. The summed E-state index contributed by atoms with van der Waals surface area (Å²) in [4.78, 5) is 12.0. The molecule has 0 aliphatic carbocycles. The summed E-state index contributed by atoms with van der Waals surface area (Å²) in [7, 11) is 0. The minimum Gasteiger partial charge on any atom is -0.491 e. The first-order valence-corrected chi connectivity index (χ1v) is 7.74. The highest BCUT2D eigenvalue weighted by molar-refractivity contribution is 5.74. The third kappa shape index (κ3) is 3.65. The van der Waals surface area contributed by atoms with Gasteiger partial charge in [-0.25, -0.2) is 9.18 Å².